The lowest BCUT2D eigenvalue weighted by molar-refractivity contribution is -0.120. The molecule has 1 aromatic heterocycles. The summed E-state index contributed by atoms with van der Waals surface area (Å²) in [5.74, 6) is 0.539. The maximum Gasteiger partial charge on any atom is 0.238 e. The molecule has 7 nitrogen and oxygen atoms in total. The zero-order valence-corrected chi connectivity index (χ0v) is 13.8. The van der Waals surface area contributed by atoms with Gasteiger partial charge in [0.15, 0.2) is 0 Å². The van der Waals surface area contributed by atoms with Gasteiger partial charge in [0.1, 0.15) is 5.76 Å². The Hall–Kier alpha value is -2.19. The molecule has 1 heterocycles. The molecule has 1 aromatic carbocycles. The molecule has 0 radical (unpaired) electrons. The summed E-state index contributed by atoms with van der Waals surface area (Å²) in [7, 11) is -3.68. The van der Waals surface area contributed by atoms with Crippen molar-refractivity contribution in [3.05, 3.63) is 46.8 Å². The fourth-order valence-corrected chi connectivity index (χ4v) is 2.68. The molecule has 0 atom stereocenters. The van der Waals surface area contributed by atoms with Crippen LogP contribution in [0.1, 0.15) is 22.6 Å². The van der Waals surface area contributed by atoms with Crippen LogP contribution in [0.15, 0.2) is 33.7 Å². The van der Waals surface area contributed by atoms with E-state index in [1.165, 1.54) is 12.1 Å². The molecule has 0 aliphatic heterocycles. The zero-order chi connectivity index (χ0) is 17.0. The first-order valence-corrected chi connectivity index (χ1v) is 8.62. The second-order valence-electron chi connectivity index (χ2n) is 5.27. The Morgan fingerprint density at radius 2 is 1.91 bits per heavy atom. The Labute approximate surface area is 134 Å². The highest BCUT2D eigenvalue weighted by atomic mass is 32.2. The summed E-state index contributed by atoms with van der Waals surface area (Å²) < 4.78 is 27.3. The molecule has 0 fully saturated rings. The van der Waals surface area contributed by atoms with Gasteiger partial charge in [-0.05, 0) is 38.0 Å². The number of sulfonamides is 1. The van der Waals surface area contributed by atoms with Crippen molar-refractivity contribution < 1.29 is 17.7 Å². The molecular formula is C15H19N3O4S. The quantitative estimate of drug-likeness (QED) is 0.810. The van der Waals surface area contributed by atoms with Crippen LogP contribution in [0.3, 0.4) is 0 Å². The minimum atomic E-state index is -3.68. The van der Waals surface area contributed by atoms with Crippen molar-refractivity contribution in [1.82, 2.24) is 10.5 Å². The van der Waals surface area contributed by atoms with E-state index in [1.807, 2.05) is 0 Å². The number of aryl methyl sites for hydroxylation is 2. The molecule has 1 amide bonds. The van der Waals surface area contributed by atoms with E-state index < -0.39 is 10.0 Å². The number of carbonyl (C=O) groups is 1. The SMILES string of the molecule is Cc1noc(C)c1CC(=O)NCCc1ccc(S(N)(=O)=O)cc1. The molecule has 0 aliphatic rings. The van der Waals surface area contributed by atoms with E-state index in [9.17, 15) is 13.2 Å². The summed E-state index contributed by atoms with van der Waals surface area (Å²) in [5, 5.41) is 11.7. The molecule has 23 heavy (non-hydrogen) atoms. The highest BCUT2D eigenvalue weighted by Gasteiger charge is 2.13. The predicted octanol–water partition coefficient (Wildman–Crippen LogP) is 0.840. The summed E-state index contributed by atoms with van der Waals surface area (Å²) >= 11 is 0. The topological polar surface area (TPSA) is 115 Å². The number of nitrogens with two attached hydrogens (primary N) is 1. The molecule has 0 spiro atoms. The highest BCUT2D eigenvalue weighted by molar-refractivity contribution is 7.89. The molecule has 124 valence electrons. The van der Waals surface area contributed by atoms with Crippen LogP contribution in [-0.2, 0) is 27.7 Å². The average Bonchev–Trinajstić information content (AvgIpc) is 2.79. The summed E-state index contributed by atoms with van der Waals surface area (Å²) in [6.45, 7) is 4.03. The van der Waals surface area contributed by atoms with E-state index >= 15 is 0 Å². The number of rotatable bonds is 6. The molecule has 0 saturated heterocycles. The minimum absolute atomic E-state index is 0.0729. The van der Waals surface area contributed by atoms with Crippen LogP contribution < -0.4 is 10.5 Å². The van der Waals surface area contributed by atoms with Crippen molar-refractivity contribution in [3.63, 3.8) is 0 Å². The third-order valence-electron chi connectivity index (χ3n) is 3.51. The number of hydrogen-bond acceptors (Lipinski definition) is 5. The standard InChI is InChI=1S/C15H19N3O4S/c1-10-14(11(2)22-18-10)9-15(19)17-8-7-12-3-5-13(6-4-12)23(16,20)21/h3-6H,7-9H2,1-2H3,(H,17,19)(H2,16,20,21). The lowest BCUT2D eigenvalue weighted by Crippen LogP contribution is -2.27. The summed E-state index contributed by atoms with van der Waals surface area (Å²) in [6.07, 6.45) is 0.823. The zero-order valence-electron chi connectivity index (χ0n) is 13.0. The first-order valence-electron chi connectivity index (χ1n) is 7.07. The second-order valence-corrected chi connectivity index (χ2v) is 6.83. The normalized spacial score (nSPS) is 11.4. The van der Waals surface area contributed by atoms with Gasteiger partial charge in [0.05, 0.1) is 17.0 Å². The summed E-state index contributed by atoms with van der Waals surface area (Å²) in [4.78, 5) is 12.0. The lowest BCUT2D eigenvalue weighted by Gasteiger charge is -2.06. The van der Waals surface area contributed by atoms with E-state index in [2.05, 4.69) is 10.5 Å². The molecule has 0 aliphatic carbocycles. The van der Waals surface area contributed by atoms with Crippen molar-refractivity contribution in [2.45, 2.75) is 31.6 Å². The molecule has 2 rings (SSSR count). The molecule has 3 N–H and O–H groups in total. The number of amides is 1. The van der Waals surface area contributed by atoms with E-state index in [-0.39, 0.29) is 17.2 Å². The van der Waals surface area contributed by atoms with Gasteiger partial charge < -0.3 is 9.84 Å². The molecule has 0 unspecified atom stereocenters. The number of carbonyl (C=O) groups excluding carboxylic acids is 1. The van der Waals surface area contributed by atoms with Crippen LogP contribution in [-0.4, -0.2) is 26.0 Å². The van der Waals surface area contributed by atoms with Gasteiger partial charge in [0, 0.05) is 12.1 Å². The maximum absolute atomic E-state index is 11.9. The largest absolute Gasteiger partial charge is 0.361 e. The molecule has 2 aromatic rings. The van der Waals surface area contributed by atoms with E-state index in [0.717, 1.165) is 16.8 Å². The molecule has 0 saturated carbocycles. The number of benzene rings is 1. The summed E-state index contributed by atoms with van der Waals surface area (Å²) in [6, 6.07) is 6.27. The third-order valence-corrected chi connectivity index (χ3v) is 4.44. The third kappa shape index (κ3) is 4.64. The first kappa shape index (κ1) is 17.2. The molecular weight excluding hydrogens is 318 g/mol. The van der Waals surface area contributed by atoms with E-state index in [4.69, 9.17) is 9.66 Å². The monoisotopic (exact) mass is 337 g/mol. The van der Waals surface area contributed by atoms with Gasteiger partial charge >= 0.3 is 0 Å². The van der Waals surface area contributed by atoms with Crippen LogP contribution in [0.25, 0.3) is 0 Å². The number of nitrogens with one attached hydrogen (secondary N) is 1. The van der Waals surface area contributed by atoms with Crippen LogP contribution in [0.4, 0.5) is 0 Å². The first-order chi connectivity index (χ1) is 10.8. The van der Waals surface area contributed by atoms with E-state index in [1.54, 1.807) is 26.0 Å². The Bertz CT molecular complexity index is 775. The predicted molar refractivity (Wildman–Crippen MR) is 84.2 cm³/mol. The second kappa shape index (κ2) is 6.93. The molecule has 0 bridgehead atoms. The van der Waals surface area contributed by atoms with Crippen LogP contribution >= 0.6 is 0 Å². The average molecular weight is 337 g/mol. The molecule has 8 heteroatoms. The lowest BCUT2D eigenvalue weighted by atomic mass is 10.1. The minimum Gasteiger partial charge on any atom is -0.361 e. The Morgan fingerprint density at radius 3 is 2.43 bits per heavy atom. The van der Waals surface area contributed by atoms with Crippen molar-refractivity contribution in [3.8, 4) is 0 Å². The van der Waals surface area contributed by atoms with Crippen molar-refractivity contribution in [1.29, 1.82) is 0 Å². The van der Waals surface area contributed by atoms with Gasteiger partial charge in [0.25, 0.3) is 0 Å². The number of nitrogens with zero attached hydrogens (tertiary/aromatic N) is 1. The van der Waals surface area contributed by atoms with Gasteiger partial charge in [-0.25, -0.2) is 13.6 Å². The smallest absolute Gasteiger partial charge is 0.238 e. The van der Waals surface area contributed by atoms with Gasteiger partial charge in [-0.3, -0.25) is 4.79 Å². The Morgan fingerprint density at radius 1 is 1.26 bits per heavy atom. The maximum atomic E-state index is 11.9. The Balaban J connectivity index is 1.84. The fourth-order valence-electron chi connectivity index (χ4n) is 2.17. The van der Waals surface area contributed by atoms with Gasteiger partial charge in [-0.1, -0.05) is 17.3 Å². The van der Waals surface area contributed by atoms with Gasteiger partial charge in [0.2, 0.25) is 15.9 Å². The summed E-state index contributed by atoms with van der Waals surface area (Å²) in [5.41, 5.74) is 2.44. The number of hydrogen-bond donors (Lipinski definition) is 2. The number of primary sulfonamides is 1. The van der Waals surface area contributed by atoms with E-state index in [0.29, 0.717) is 18.7 Å². The van der Waals surface area contributed by atoms with Crippen LogP contribution in [0, 0.1) is 13.8 Å². The number of aromatic nitrogens is 1. The Kier molecular flexibility index (Phi) is 5.17. The van der Waals surface area contributed by atoms with Crippen LogP contribution in [0.5, 0.6) is 0 Å². The van der Waals surface area contributed by atoms with Crippen LogP contribution in [0.2, 0.25) is 0 Å². The van der Waals surface area contributed by atoms with Crippen molar-refractivity contribution in [2.24, 2.45) is 5.14 Å². The van der Waals surface area contributed by atoms with Gasteiger partial charge in [-0.2, -0.15) is 0 Å². The fraction of sp³-hybridized carbons (Fsp3) is 0.333. The van der Waals surface area contributed by atoms with Gasteiger partial charge in [-0.15, -0.1) is 0 Å². The van der Waals surface area contributed by atoms with Crippen molar-refractivity contribution >= 4 is 15.9 Å². The van der Waals surface area contributed by atoms with Crippen molar-refractivity contribution in [2.75, 3.05) is 6.54 Å². The highest BCUT2D eigenvalue weighted by Crippen LogP contribution is 2.12.